The number of carbonyl (C=O) groups excluding carboxylic acids is 1. The predicted molar refractivity (Wildman–Crippen MR) is 64.4 cm³/mol. The number of nitrogens with one attached hydrogen (secondary N) is 2. The lowest BCUT2D eigenvalue weighted by Crippen LogP contribution is -2.30. The van der Waals surface area contributed by atoms with Gasteiger partial charge in [0.05, 0.1) is 0 Å². The van der Waals surface area contributed by atoms with Crippen molar-refractivity contribution >= 4 is 39.4 Å². The van der Waals surface area contributed by atoms with Crippen molar-refractivity contribution in [3.63, 3.8) is 0 Å². The van der Waals surface area contributed by atoms with Crippen molar-refractivity contribution in [2.75, 3.05) is 17.7 Å². The van der Waals surface area contributed by atoms with Gasteiger partial charge in [-0.2, -0.15) is 0 Å². The average Bonchev–Trinajstić information content (AvgIpc) is 2.20. The summed E-state index contributed by atoms with van der Waals surface area (Å²) in [4.78, 5) is 15.3. The molecule has 0 fully saturated rings. The molecule has 0 spiro atoms. The Bertz CT molecular complexity index is 359. The highest BCUT2D eigenvalue weighted by molar-refractivity contribution is 9.10. The van der Waals surface area contributed by atoms with Gasteiger partial charge in [0.1, 0.15) is 5.82 Å². The van der Waals surface area contributed by atoms with Crippen molar-refractivity contribution < 1.29 is 4.79 Å². The van der Waals surface area contributed by atoms with Crippen LogP contribution >= 0.6 is 27.5 Å². The molecule has 0 saturated carbocycles. The Kier molecular flexibility index (Phi) is 4.84. The smallest absolute Gasteiger partial charge is 0.320 e. The minimum Gasteiger partial charge on any atom is -0.337 e. The van der Waals surface area contributed by atoms with Gasteiger partial charge in [0.15, 0.2) is 0 Å². The van der Waals surface area contributed by atoms with Gasteiger partial charge in [0.25, 0.3) is 0 Å². The van der Waals surface area contributed by atoms with Gasteiger partial charge in [-0.1, -0.05) is 0 Å². The molecule has 0 radical (unpaired) electrons. The number of pyridine rings is 1. The number of carbonyl (C=O) groups is 1. The molecule has 82 valence electrons. The van der Waals surface area contributed by atoms with Crippen molar-refractivity contribution in [1.82, 2.24) is 10.3 Å². The van der Waals surface area contributed by atoms with Gasteiger partial charge in [-0.25, -0.2) is 9.78 Å². The van der Waals surface area contributed by atoms with Crippen LogP contribution in [0.15, 0.2) is 16.7 Å². The molecule has 0 aliphatic rings. The van der Waals surface area contributed by atoms with Crippen LogP contribution in [0.5, 0.6) is 0 Å². The summed E-state index contributed by atoms with van der Waals surface area (Å²) < 4.78 is 0.911. The van der Waals surface area contributed by atoms with Crippen molar-refractivity contribution in [3.05, 3.63) is 22.3 Å². The number of urea groups is 1. The number of aryl methyl sites for hydroxylation is 1. The van der Waals surface area contributed by atoms with Crippen LogP contribution in [-0.4, -0.2) is 23.4 Å². The van der Waals surface area contributed by atoms with E-state index in [2.05, 4.69) is 31.5 Å². The van der Waals surface area contributed by atoms with Crippen molar-refractivity contribution in [3.8, 4) is 0 Å². The second-order valence-corrected chi connectivity index (χ2v) is 4.12. The van der Waals surface area contributed by atoms with E-state index in [9.17, 15) is 4.79 Å². The molecule has 0 saturated heterocycles. The van der Waals surface area contributed by atoms with Crippen LogP contribution in [-0.2, 0) is 0 Å². The molecular formula is C9H11BrClN3O. The van der Waals surface area contributed by atoms with Gasteiger partial charge in [0.2, 0.25) is 0 Å². The first-order valence-electron chi connectivity index (χ1n) is 4.36. The number of hydrogen-bond acceptors (Lipinski definition) is 2. The quantitative estimate of drug-likeness (QED) is 0.841. The summed E-state index contributed by atoms with van der Waals surface area (Å²) in [6, 6.07) is 1.48. The maximum absolute atomic E-state index is 11.2. The summed E-state index contributed by atoms with van der Waals surface area (Å²) in [5.41, 5.74) is 1.01. The Balaban J connectivity index is 2.57. The molecule has 4 nitrogen and oxygen atoms in total. The zero-order valence-electron chi connectivity index (χ0n) is 8.18. The maximum atomic E-state index is 11.2. The number of hydrogen-bond donors (Lipinski definition) is 2. The van der Waals surface area contributed by atoms with Gasteiger partial charge < -0.3 is 5.32 Å². The highest BCUT2D eigenvalue weighted by atomic mass is 79.9. The number of aromatic nitrogens is 1. The maximum Gasteiger partial charge on any atom is 0.320 e. The van der Waals surface area contributed by atoms with Crippen molar-refractivity contribution in [2.45, 2.75) is 6.92 Å². The second-order valence-electron chi connectivity index (χ2n) is 2.89. The lowest BCUT2D eigenvalue weighted by molar-refractivity contribution is 0.252. The fourth-order valence-corrected chi connectivity index (χ4v) is 1.24. The Morgan fingerprint density at radius 2 is 2.40 bits per heavy atom. The third-order valence-electron chi connectivity index (χ3n) is 1.67. The molecule has 1 heterocycles. The van der Waals surface area contributed by atoms with Crippen LogP contribution < -0.4 is 10.6 Å². The Morgan fingerprint density at radius 1 is 1.67 bits per heavy atom. The van der Waals surface area contributed by atoms with E-state index < -0.39 is 0 Å². The predicted octanol–water partition coefficient (Wildman–Crippen LogP) is 2.51. The van der Waals surface area contributed by atoms with E-state index in [0.29, 0.717) is 18.2 Å². The van der Waals surface area contributed by atoms with E-state index in [-0.39, 0.29) is 6.03 Å². The van der Waals surface area contributed by atoms with Crippen LogP contribution in [0.3, 0.4) is 0 Å². The molecule has 0 bridgehead atoms. The number of amides is 2. The first-order chi connectivity index (χ1) is 7.13. The molecule has 0 aliphatic heterocycles. The van der Waals surface area contributed by atoms with Crippen LogP contribution in [0.1, 0.15) is 5.56 Å². The molecule has 0 aromatic carbocycles. The molecule has 0 atom stereocenters. The minimum absolute atomic E-state index is 0.301. The summed E-state index contributed by atoms with van der Waals surface area (Å²) in [6.07, 6.45) is 1.65. The lowest BCUT2D eigenvalue weighted by atomic mass is 10.3. The molecule has 0 unspecified atom stereocenters. The van der Waals surface area contributed by atoms with E-state index in [1.807, 2.05) is 6.92 Å². The van der Waals surface area contributed by atoms with E-state index >= 15 is 0 Å². The lowest BCUT2D eigenvalue weighted by Gasteiger charge is -2.06. The standard InChI is InChI=1S/C9H11BrClN3O/c1-6-4-8(13-5-7(6)10)14-9(15)12-3-2-11/h4-5H,2-3H2,1H3,(H2,12,13,14,15). The fraction of sp³-hybridized carbons (Fsp3) is 0.333. The van der Waals surface area contributed by atoms with Gasteiger partial charge in [-0.05, 0) is 34.5 Å². The molecule has 2 amide bonds. The Labute approximate surface area is 102 Å². The average molecular weight is 293 g/mol. The SMILES string of the molecule is Cc1cc(NC(=O)NCCCl)ncc1Br. The summed E-state index contributed by atoms with van der Waals surface area (Å²) in [5.74, 6) is 0.906. The number of halogens is 2. The zero-order chi connectivity index (χ0) is 11.3. The van der Waals surface area contributed by atoms with E-state index in [0.717, 1.165) is 10.0 Å². The van der Waals surface area contributed by atoms with Crippen LogP contribution in [0.2, 0.25) is 0 Å². The van der Waals surface area contributed by atoms with Crippen LogP contribution in [0.4, 0.5) is 10.6 Å². The third-order valence-corrected chi connectivity index (χ3v) is 2.69. The monoisotopic (exact) mass is 291 g/mol. The summed E-state index contributed by atoms with van der Waals surface area (Å²) in [5, 5.41) is 5.19. The van der Waals surface area contributed by atoms with Crippen LogP contribution in [0, 0.1) is 6.92 Å². The van der Waals surface area contributed by atoms with Gasteiger partial charge in [-0.15, -0.1) is 11.6 Å². The normalized spacial score (nSPS) is 9.80. The Morgan fingerprint density at radius 3 is 3.00 bits per heavy atom. The number of alkyl halides is 1. The highest BCUT2D eigenvalue weighted by Gasteiger charge is 2.03. The molecule has 0 aliphatic carbocycles. The molecule has 2 N–H and O–H groups in total. The van der Waals surface area contributed by atoms with Crippen LogP contribution in [0.25, 0.3) is 0 Å². The molecule has 1 aromatic rings. The first kappa shape index (κ1) is 12.3. The first-order valence-corrected chi connectivity index (χ1v) is 5.69. The molecule has 1 aromatic heterocycles. The zero-order valence-corrected chi connectivity index (χ0v) is 10.5. The third kappa shape index (κ3) is 4.05. The highest BCUT2D eigenvalue weighted by Crippen LogP contribution is 2.16. The number of nitrogens with zero attached hydrogens (tertiary/aromatic N) is 1. The van der Waals surface area contributed by atoms with Crippen molar-refractivity contribution in [1.29, 1.82) is 0 Å². The van der Waals surface area contributed by atoms with Gasteiger partial charge in [0, 0.05) is 23.1 Å². The van der Waals surface area contributed by atoms with E-state index in [4.69, 9.17) is 11.6 Å². The van der Waals surface area contributed by atoms with Gasteiger partial charge >= 0.3 is 6.03 Å². The minimum atomic E-state index is -0.301. The fourth-order valence-electron chi connectivity index (χ4n) is 0.929. The number of rotatable bonds is 3. The van der Waals surface area contributed by atoms with E-state index in [1.54, 1.807) is 12.3 Å². The summed E-state index contributed by atoms with van der Waals surface area (Å²) >= 11 is 8.76. The molecule has 6 heteroatoms. The largest absolute Gasteiger partial charge is 0.337 e. The van der Waals surface area contributed by atoms with Crippen molar-refractivity contribution in [2.24, 2.45) is 0 Å². The van der Waals surface area contributed by atoms with Gasteiger partial charge in [-0.3, -0.25) is 5.32 Å². The number of anilines is 1. The summed E-state index contributed by atoms with van der Waals surface area (Å²) in [7, 11) is 0. The molecular weight excluding hydrogens is 281 g/mol. The van der Waals surface area contributed by atoms with E-state index in [1.165, 1.54) is 0 Å². The second kappa shape index (κ2) is 5.92. The Hall–Kier alpha value is -0.810. The topological polar surface area (TPSA) is 54.0 Å². The molecule has 1 rings (SSSR count). The molecule has 15 heavy (non-hydrogen) atoms. The summed E-state index contributed by atoms with van der Waals surface area (Å²) in [6.45, 7) is 2.36.